The van der Waals surface area contributed by atoms with Gasteiger partial charge in [-0.3, -0.25) is 9.59 Å². The molecule has 2 aromatic carbocycles. The van der Waals surface area contributed by atoms with Crippen molar-refractivity contribution in [3.8, 4) is 0 Å². The summed E-state index contributed by atoms with van der Waals surface area (Å²) in [4.78, 5) is 42.7. The molecule has 1 spiro atoms. The third-order valence-electron chi connectivity index (χ3n) is 8.17. The van der Waals surface area contributed by atoms with Gasteiger partial charge in [0.05, 0.1) is 12.0 Å². The van der Waals surface area contributed by atoms with E-state index >= 15 is 0 Å². The number of rotatable bonds is 5. The van der Waals surface area contributed by atoms with Crippen molar-refractivity contribution in [2.24, 2.45) is 0 Å². The van der Waals surface area contributed by atoms with Crippen LogP contribution in [-0.4, -0.2) is 73.6 Å². The van der Waals surface area contributed by atoms with Crippen LogP contribution in [0, 0.1) is 11.6 Å². The standard InChI is InChI=1S/C28H32F2N4O4/c1-38-16-15-34-17-18(19-5-4-7-21(29)24(19)30)9-10-23(25(34)35)32-27(37)33-13-11-28(12-14-33)20-6-2-3-8-22(20)31-26(28)36/h2-8,18,23H,9-17H2,1H3,(H,31,36)(H,32,37)/t18-,23-/m1/s1. The highest BCUT2D eigenvalue weighted by Crippen LogP contribution is 2.44. The zero-order chi connectivity index (χ0) is 26.9. The van der Waals surface area contributed by atoms with Crippen molar-refractivity contribution in [3.63, 3.8) is 0 Å². The molecule has 8 nitrogen and oxygen atoms in total. The van der Waals surface area contributed by atoms with E-state index in [2.05, 4.69) is 10.6 Å². The second-order valence-corrected chi connectivity index (χ2v) is 10.3. The number of carbonyl (C=O) groups excluding carboxylic acids is 3. The van der Waals surface area contributed by atoms with Crippen molar-refractivity contribution < 1.29 is 27.9 Å². The monoisotopic (exact) mass is 526 g/mol. The Morgan fingerprint density at radius 2 is 1.87 bits per heavy atom. The summed E-state index contributed by atoms with van der Waals surface area (Å²) < 4.78 is 33.7. The lowest BCUT2D eigenvalue weighted by Crippen LogP contribution is -2.55. The quantitative estimate of drug-likeness (QED) is 0.625. The number of benzene rings is 2. The molecule has 0 saturated carbocycles. The molecule has 5 rings (SSSR count). The molecule has 3 aliphatic heterocycles. The number of urea groups is 1. The Labute approximate surface area is 220 Å². The maximum absolute atomic E-state index is 14.6. The zero-order valence-electron chi connectivity index (χ0n) is 21.3. The topological polar surface area (TPSA) is 91.0 Å². The van der Waals surface area contributed by atoms with Gasteiger partial charge >= 0.3 is 6.03 Å². The molecular weight excluding hydrogens is 494 g/mol. The average molecular weight is 527 g/mol. The molecule has 10 heteroatoms. The molecule has 2 atom stereocenters. The van der Waals surface area contributed by atoms with Gasteiger partial charge in [0.1, 0.15) is 6.04 Å². The van der Waals surface area contributed by atoms with Crippen LogP contribution >= 0.6 is 0 Å². The average Bonchev–Trinajstić information content (AvgIpc) is 3.09. The molecule has 2 fully saturated rings. The molecule has 0 unspecified atom stereocenters. The number of likely N-dealkylation sites (tertiary alicyclic amines) is 2. The van der Waals surface area contributed by atoms with Crippen LogP contribution in [0.2, 0.25) is 0 Å². The lowest BCUT2D eigenvalue weighted by atomic mass is 9.74. The summed E-state index contributed by atoms with van der Waals surface area (Å²) in [5, 5.41) is 5.84. The van der Waals surface area contributed by atoms with Crippen LogP contribution in [0.3, 0.4) is 0 Å². The van der Waals surface area contributed by atoms with Gasteiger partial charge in [0.2, 0.25) is 11.8 Å². The van der Waals surface area contributed by atoms with Gasteiger partial charge in [-0.15, -0.1) is 0 Å². The number of halogens is 2. The normalized spacial score (nSPS) is 22.7. The van der Waals surface area contributed by atoms with Crippen molar-refractivity contribution in [2.45, 2.75) is 43.1 Å². The third-order valence-corrected chi connectivity index (χ3v) is 8.17. The van der Waals surface area contributed by atoms with Crippen LogP contribution in [0.25, 0.3) is 0 Å². The van der Waals surface area contributed by atoms with E-state index in [1.54, 1.807) is 15.9 Å². The number of fused-ring (bicyclic) bond motifs is 2. The van der Waals surface area contributed by atoms with Gasteiger partial charge in [0.25, 0.3) is 0 Å². The molecular formula is C28H32F2N4O4. The predicted molar refractivity (Wildman–Crippen MR) is 137 cm³/mol. The predicted octanol–water partition coefficient (Wildman–Crippen LogP) is 3.38. The number of methoxy groups -OCH3 is 1. The minimum atomic E-state index is -0.923. The molecule has 38 heavy (non-hydrogen) atoms. The summed E-state index contributed by atoms with van der Waals surface area (Å²) in [5.41, 5.74) is 1.36. The maximum atomic E-state index is 14.6. The molecule has 0 radical (unpaired) electrons. The summed E-state index contributed by atoms with van der Waals surface area (Å²) in [7, 11) is 1.53. The van der Waals surface area contributed by atoms with Crippen LogP contribution in [-0.2, 0) is 19.7 Å². The number of para-hydroxylation sites is 1. The SMILES string of the molecule is COCCN1C[C@H](c2cccc(F)c2F)CC[C@@H](NC(=O)N2CCC3(CC2)C(=O)Nc2ccccc23)C1=O. The Morgan fingerprint density at radius 3 is 2.63 bits per heavy atom. The summed E-state index contributed by atoms with van der Waals surface area (Å²) in [6, 6.07) is 10.6. The first-order valence-corrected chi connectivity index (χ1v) is 13.0. The first-order valence-electron chi connectivity index (χ1n) is 13.0. The first kappa shape index (κ1) is 26.1. The van der Waals surface area contributed by atoms with Crippen molar-refractivity contribution in [2.75, 3.05) is 45.2 Å². The molecule has 202 valence electrons. The Bertz CT molecular complexity index is 1230. The van der Waals surface area contributed by atoms with E-state index < -0.39 is 29.0 Å². The first-order chi connectivity index (χ1) is 18.3. The van der Waals surface area contributed by atoms with Crippen LogP contribution < -0.4 is 10.6 Å². The fraction of sp³-hybridized carbons (Fsp3) is 0.464. The van der Waals surface area contributed by atoms with Gasteiger partial charge in [-0.05, 0) is 48.9 Å². The lowest BCUT2D eigenvalue weighted by Gasteiger charge is -2.38. The van der Waals surface area contributed by atoms with Crippen LogP contribution in [0.5, 0.6) is 0 Å². The fourth-order valence-electron chi connectivity index (χ4n) is 5.99. The van der Waals surface area contributed by atoms with Crippen molar-refractivity contribution in [1.82, 2.24) is 15.1 Å². The van der Waals surface area contributed by atoms with E-state index in [1.807, 2.05) is 24.3 Å². The van der Waals surface area contributed by atoms with Crippen molar-refractivity contribution in [3.05, 3.63) is 65.2 Å². The van der Waals surface area contributed by atoms with Gasteiger partial charge in [0, 0.05) is 44.9 Å². The number of piperidine rings is 1. The molecule has 0 aliphatic carbocycles. The van der Waals surface area contributed by atoms with E-state index in [9.17, 15) is 23.2 Å². The van der Waals surface area contributed by atoms with Crippen LogP contribution in [0.1, 0.15) is 42.7 Å². The molecule has 2 N–H and O–H groups in total. The molecule has 3 heterocycles. The van der Waals surface area contributed by atoms with E-state index in [-0.39, 0.29) is 43.1 Å². The lowest BCUT2D eigenvalue weighted by molar-refractivity contribution is -0.133. The Hall–Kier alpha value is -3.53. The van der Waals surface area contributed by atoms with E-state index in [1.165, 1.54) is 13.2 Å². The number of nitrogens with one attached hydrogen (secondary N) is 2. The smallest absolute Gasteiger partial charge is 0.318 e. The van der Waals surface area contributed by atoms with E-state index in [0.29, 0.717) is 38.8 Å². The number of anilines is 1. The summed E-state index contributed by atoms with van der Waals surface area (Å²) >= 11 is 0. The highest BCUT2D eigenvalue weighted by Gasteiger charge is 2.49. The number of carbonyl (C=O) groups is 3. The van der Waals surface area contributed by atoms with Crippen LogP contribution in [0.15, 0.2) is 42.5 Å². The van der Waals surface area contributed by atoms with Gasteiger partial charge in [-0.2, -0.15) is 0 Å². The minimum Gasteiger partial charge on any atom is -0.383 e. The minimum absolute atomic E-state index is 0.0397. The van der Waals surface area contributed by atoms with Gasteiger partial charge in [-0.25, -0.2) is 13.6 Å². The number of hydrogen-bond donors (Lipinski definition) is 2. The fourth-order valence-corrected chi connectivity index (χ4v) is 5.99. The number of hydrogen-bond acceptors (Lipinski definition) is 4. The van der Waals surface area contributed by atoms with Gasteiger partial charge in [-0.1, -0.05) is 30.3 Å². The van der Waals surface area contributed by atoms with Crippen molar-refractivity contribution in [1.29, 1.82) is 0 Å². The Kier molecular flexibility index (Phi) is 7.34. The van der Waals surface area contributed by atoms with Crippen molar-refractivity contribution >= 4 is 23.5 Å². The third kappa shape index (κ3) is 4.73. The molecule has 0 aromatic heterocycles. The van der Waals surface area contributed by atoms with Gasteiger partial charge in [0.15, 0.2) is 11.6 Å². The highest BCUT2D eigenvalue weighted by atomic mass is 19.2. The summed E-state index contributed by atoms with van der Waals surface area (Å²) in [5.74, 6) is -2.55. The highest BCUT2D eigenvalue weighted by molar-refractivity contribution is 6.06. The molecule has 2 saturated heterocycles. The van der Waals surface area contributed by atoms with E-state index in [4.69, 9.17) is 4.74 Å². The second kappa shape index (κ2) is 10.7. The van der Waals surface area contributed by atoms with Gasteiger partial charge < -0.3 is 25.2 Å². The zero-order valence-corrected chi connectivity index (χ0v) is 21.3. The number of ether oxygens (including phenoxy) is 1. The van der Waals surface area contributed by atoms with E-state index in [0.717, 1.165) is 17.3 Å². The maximum Gasteiger partial charge on any atom is 0.318 e. The van der Waals surface area contributed by atoms with Crippen LogP contribution in [0.4, 0.5) is 19.3 Å². The second-order valence-electron chi connectivity index (χ2n) is 10.3. The molecule has 4 amide bonds. The Morgan fingerprint density at radius 1 is 1.11 bits per heavy atom. The summed E-state index contributed by atoms with van der Waals surface area (Å²) in [6.45, 7) is 1.51. The largest absolute Gasteiger partial charge is 0.383 e. The molecule has 0 bridgehead atoms. The number of nitrogens with zero attached hydrogens (tertiary/aromatic N) is 2. The molecule has 2 aromatic rings. The summed E-state index contributed by atoms with van der Waals surface area (Å²) in [6.07, 6.45) is 1.67. The molecule has 3 aliphatic rings. The number of amides is 4. The Balaban J connectivity index is 1.27.